The number of halogens is 3. The van der Waals surface area contributed by atoms with Gasteiger partial charge in [-0.05, 0) is 39.3 Å². The zero-order chi connectivity index (χ0) is 19.0. The number of rotatable bonds is 3. The van der Waals surface area contributed by atoms with Gasteiger partial charge in [0.25, 0.3) is 0 Å². The zero-order valence-corrected chi connectivity index (χ0v) is 14.8. The van der Waals surface area contributed by atoms with Crippen LogP contribution in [0.5, 0.6) is 0 Å². The van der Waals surface area contributed by atoms with Gasteiger partial charge in [-0.1, -0.05) is 0 Å². The van der Waals surface area contributed by atoms with Crippen LogP contribution < -0.4 is 4.31 Å². The fourth-order valence-corrected chi connectivity index (χ4v) is 3.82. The second-order valence-electron chi connectivity index (χ2n) is 6.59. The Labute approximate surface area is 144 Å². The van der Waals surface area contributed by atoms with Gasteiger partial charge in [0.05, 0.1) is 0 Å². The maximum atomic E-state index is 14.1. The Bertz CT molecular complexity index is 765. The minimum absolute atomic E-state index is 0.0344. The summed E-state index contributed by atoms with van der Waals surface area (Å²) in [4.78, 5) is 12.4. The zero-order valence-electron chi connectivity index (χ0n) is 14.0. The second kappa shape index (κ2) is 6.83. The van der Waals surface area contributed by atoms with Gasteiger partial charge < -0.3 is 4.74 Å². The number of ether oxygens (including phenoxy) is 1. The summed E-state index contributed by atoms with van der Waals surface area (Å²) in [5.74, 6) is -2.20. The highest BCUT2D eigenvalue weighted by Gasteiger charge is 2.42. The van der Waals surface area contributed by atoms with Crippen LogP contribution >= 0.6 is 0 Å². The van der Waals surface area contributed by atoms with Crippen molar-refractivity contribution in [2.45, 2.75) is 39.0 Å². The average Bonchev–Trinajstić information content (AvgIpc) is 2.87. The molecule has 0 saturated carbocycles. The van der Waals surface area contributed by atoms with E-state index in [1.807, 2.05) is 0 Å². The molecule has 1 aliphatic rings. The number of hydrogen-bond acceptors (Lipinski definition) is 4. The van der Waals surface area contributed by atoms with Gasteiger partial charge in [-0.2, -0.15) is 17.0 Å². The Hall–Kier alpha value is -1.81. The predicted molar refractivity (Wildman–Crippen MR) is 85.1 cm³/mol. The third-order valence-corrected chi connectivity index (χ3v) is 5.13. The van der Waals surface area contributed by atoms with E-state index in [2.05, 4.69) is 0 Å². The maximum Gasteiger partial charge on any atom is 0.430 e. The van der Waals surface area contributed by atoms with Crippen LogP contribution in [-0.2, 0) is 14.9 Å². The van der Waals surface area contributed by atoms with E-state index >= 15 is 0 Å². The van der Waals surface area contributed by atoms with Gasteiger partial charge >= 0.3 is 16.3 Å². The molecule has 0 radical (unpaired) electrons. The Morgan fingerprint density at radius 1 is 1.32 bits per heavy atom. The van der Waals surface area contributed by atoms with Crippen molar-refractivity contribution < 1.29 is 31.1 Å². The lowest BCUT2D eigenvalue weighted by Crippen LogP contribution is -2.48. The van der Waals surface area contributed by atoms with Crippen LogP contribution in [0.15, 0.2) is 18.2 Å². The van der Waals surface area contributed by atoms with E-state index in [-0.39, 0.29) is 17.3 Å². The lowest BCUT2D eigenvalue weighted by Gasteiger charge is -2.29. The van der Waals surface area contributed by atoms with Crippen molar-refractivity contribution in [2.24, 2.45) is 0 Å². The molecule has 0 aliphatic carbocycles. The number of nitrogens with zero attached hydrogens (tertiary/aromatic N) is 2. The van der Waals surface area contributed by atoms with Crippen molar-refractivity contribution in [3.63, 3.8) is 0 Å². The summed E-state index contributed by atoms with van der Waals surface area (Å²) < 4.78 is 72.1. The highest BCUT2D eigenvalue weighted by atomic mass is 32.2. The molecule has 0 bridgehead atoms. The van der Waals surface area contributed by atoms with E-state index in [4.69, 9.17) is 4.74 Å². The second-order valence-corrected chi connectivity index (χ2v) is 8.37. The smallest absolute Gasteiger partial charge is 0.430 e. The molecule has 1 amide bonds. The van der Waals surface area contributed by atoms with Crippen LogP contribution in [0.2, 0.25) is 0 Å². The number of hydrogen-bond donors (Lipinski definition) is 0. The lowest BCUT2D eigenvalue weighted by molar-refractivity contribution is 0.0605. The molecule has 6 nitrogen and oxygen atoms in total. The molecular weight excluding hydrogens is 361 g/mol. The van der Waals surface area contributed by atoms with Gasteiger partial charge in [-0.3, -0.25) is 0 Å². The first-order chi connectivity index (χ1) is 11.4. The van der Waals surface area contributed by atoms with Gasteiger partial charge in [0.2, 0.25) is 0 Å². The average molecular weight is 380 g/mol. The molecule has 25 heavy (non-hydrogen) atoms. The van der Waals surface area contributed by atoms with Gasteiger partial charge in [0.1, 0.15) is 23.3 Å². The summed E-state index contributed by atoms with van der Waals surface area (Å²) in [5, 5.41) is 0. The van der Waals surface area contributed by atoms with Crippen LogP contribution in [-0.4, -0.2) is 43.7 Å². The SMILES string of the molecule is CC(C)(C)OC(=O)N(c1ccc(F)cc1F)S(=O)(=O)N1CC[C@@H](F)C1. The molecule has 0 N–H and O–H groups in total. The first-order valence-corrected chi connectivity index (χ1v) is 8.94. The summed E-state index contributed by atoms with van der Waals surface area (Å²) in [6.07, 6.45) is -2.78. The van der Waals surface area contributed by atoms with E-state index in [1.165, 1.54) is 20.8 Å². The van der Waals surface area contributed by atoms with Crippen LogP contribution in [0.25, 0.3) is 0 Å². The Kier molecular flexibility index (Phi) is 5.33. The van der Waals surface area contributed by atoms with Crippen LogP contribution in [0, 0.1) is 11.6 Å². The molecule has 2 rings (SSSR count). The fourth-order valence-electron chi connectivity index (χ4n) is 2.28. The van der Waals surface area contributed by atoms with E-state index in [0.29, 0.717) is 6.07 Å². The molecule has 1 aromatic rings. The molecule has 1 aliphatic heterocycles. The number of benzene rings is 1. The molecule has 1 heterocycles. The van der Waals surface area contributed by atoms with Gasteiger partial charge in [-0.15, -0.1) is 0 Å². The standard InChI is InChI=1S/C15H19F3N2O4S/c1-15(2,3)24-14(21)20(13-5-4-10(16)8-12(13)18)25(22,23)19-7-6-11(17)9-19/h4-5,8,11H,6-7,9H2,1-3H3/t11-/m1/s1. The monoisotopic (exact) mass is 380 g/mol. The highest BCUT2D eigenvalue weighted by Crippen LogP contribution is 2.29. The van der Waals surface area contributed by atoms with Crippen molar-refractivity contribution in [2.75, 3.05) is 17.4 Å². The van der Waals surface area contributed by atoms with Crippen LogP contribution in [0.1, 0.15) is 27.2 Å². The maximum absolute atomic E-state index is 14.1. The molecule has 1 fully saturated rings. The Balaban J connectivity index is 2.50. The van der Waals surface area contributed by atoms with Gasteiger partial charge in [0.15, 0.2) is 5.82 Å². The van der Waals surface area contributed by atoms with Crippen molar-refractivity contribution in [1.29, 1.82) is 0 Å². The Morgan fingerprint density at radius 2 is 1.96 bits per heavy atom. The summed E-state index contributed by atoms with van der Waals surface area (Å²) in [5.41, 5.74) is -1.76. The van der Waals surface area contributed by atoms with E-state index in [0.717, 1.165) is 16.4 Å². The van der Waals surface area contributed by atoms with E-state index < -0.39 is 51.9 Å². The molecule has 1 atom stereocenters. The Morgan fingerprint density at radius 3 is 2.44 bits per heavy atom. The first kappa shape index (κ1) is 19.5. The third kappa shape index (κ3) is 4.43. The number of anilines is 1. The normalized spacial score (nSPS) is 19.0. The summed E-state index contributed by atoms with van der Waals surface area (Å²) in [6.45, 7) is 3.90. The van der Waals surface area contributed by atoms with Gasteiger partial charge in [0, 0.05) is 19.2 Å². The number of carbonyl (C=O) groups is 1. The van der Waals surface area contributed by atoms with Crippen molar-refractivity contribution in [3.8, 4) is 0 Å². The van der Waals surface area contributed by atoms with Crippen molar-refractivity contribution in [1.82, 2.24) is 4.31 Å². The summed E-state index contributed by atoms with van der Waals surface area (Å²) >= 11 is 0. The third-order valence-electron chi connectivity index (χ3n) is 3.34. The fraction of sp³-hybridized carbons (Fsp3) is 0.533. The number of amides is 1. The molecule has 1 aromatic carbocycles. The molecule has 1 saturated heterocycles. The predicted octanol–water partition coefficient (Wildman–Crippen LogP) is 2.99. The van der Waals surface area contributed by atoms with Crippen molar-refractivity contribution >= 4 is 22.0 Å². The molecule has 140 valence electrons. The molecule has 0 aromatic heterocycles. The van der Waals surface area contributed by atoms with Gasteiger partial charge in [-0.25, -0.2) is 18.0 Å². The summed E-state index contributed by atoms with van der Waals surface area (Å²) in [6, 6.07) is 2.08. The quantitative estimate of drug-likeness (QED) is 0.809. The van der Waals surface area contributed by atoms with Crippen molar-refractivity contribution in [3.05, 3.63) is 29.8 Å². The summed E-state index contributed by atoms with van der Waals surface area (Å²) in [7, 11) is -4.60. The van der Waals surface area contributed by atoms with E-state index in [1.54, 1.807) is 0 Å². The lowest BCUT2D eigenvalue weighted by atomic mass is 10.2. The number of alkyl halides is 1. The highest BCUT2D eigenvalue weighted by molar-refractivity contribution is 7.91. The molecular formula is C15H19F3N2O4S. The topological polar surface area (TPSA) is 66.9 Å². The van der Waals surface area contributed by atoms with Crippen LogP contribution in [0.3, 0.4) is 0 Å². The minimum atomic E-state index is -4.60. The molecule has 0 unspecified atom stereocenters. The molecule has 0 spiro atoms. The molecule has 10 heteroatoms. The van der Waals surface area contributed by atoms with E-state index in [9.17, 15) is 26.4 Å². The minimum Gasteiger partial charge on any atom is -0.443 e. The largest absolute Gasteiger partial charge is 0.443 e. The number of carbonyl (C=O) groups excluding carboxylic acids is 1. The van der Waals surface area contributed by atoms with Crippen LogP contribution in [0.4, 0.5) is 23.7 Å². The first-order valence-electron chi connectivity index (χ1n) is 7.54.